The minimum Gasteiger partial charge on any atom is -0.309 e. The maximum absolute atomic E-state index is 4.70. The molecule has 0 unspecified atom stereocenters. The minimum atomic E-state index is -0.0516. The highest BCUT2D eigenvalue weighted by Gasteiger charge is 2.36. The van der Waals surface area contributed by atoms with Crippen molar-refractivity contribution in [1.82, 2.24) is 14.5 Å². The van der Waals surface area contributed by atoms with Gasteiger partial charge in [0.15, 0.2) is 0 Å². The van der Waals surface area contributed by atoms with Crippen molar-refractivity contribution in [2.75, 3.05) is 0 Å². The lowest BCUT2D eigenvalue weighted by Crippen LogP contribution is -2.14. The lowest BCUT2D eigenvalue weighted by molar-refractivity contribution is 0.661. The normalized spacial score (nSPS) is 13.4. The molecule has 3 heteroatoms. The first kappa shape index (κ1) is 27.1. The molecular weight excluding hydrogens is 583 g/mol. The van der Waals surface area contributed by atoms with Crippen molar-refractivity contribution in [2.24, 2.45) is 0 Å². The van der Waals surface area contributed by atoms with Gasteiger partial charge in [0.25, 0.3) is 0 Å². The van der Waals surface area contributed by atoms with E-state index < -0.39 is 0 Å². The van der Waals surface area contributed by atoms with Crippen LogP contribution >= 0.6 is 0 Å². The van der Waals surface area contributed by atoms with Crippen molar-refractivity contribution in [3.8, 4) is 39.1 Å². The predicted octanol–water partition coefficient (Wildman–Crippen LogP) is 11.5. The molecule has 0 bridgehead atoms. The largest absolute Gasteiger partial charge is 0.309 e. The van der Waals surface area contributed by atoms with Crippen LogP contribution in [0.1, 0.15) is 25.0 Å². The molecule has 1 aliphatic rings. The van der Waals surface area contributed by atoms with E-state index in [2.05, 4.69) is 151 Å². The van der Waals surface area contributed by atoms with Crippen LogP contribution in [0.25, 0.3) is 82.7 Å². The summed E-state index contributed by atoms with van der Waals surface area (Å²) in [6.07, 6.45) is 3.79. The fourth-order valence-electron chi connectivity index (χ4n) is 8.10. The number of para-hydroxylation sites is 1. The van der Waals surface area contributed by atoms with Crippen LogP contribution in [0.15, 0.2) is 152 Å². The molecule has 48 heavy (non-hydrogen) atoms. The quantitative estimate of drug-likeness (QED) is 0.186. The van der Waals surface area contributed by atoms with Crippen LogP contribution in [-0.4, -0.2) is 14.5 Å². The van der Waals surface area contributed by atoms with Crippen molar-refractivity contribution in [2.45, 2.75) is 19.3 Å². The summed E-state index contributed by atoms with van der Waals surface area (Å²) in [7, 11) is 0. The smallest absolute Gasteiger partial charge is 0.0971 e. The predicted molar refractivity (Wildman–Crippen MR) is 200 cm³/mol. The van der Waals surface area contributed by atoms with Crippen LogP contribution in [0.2, 0.25) is 0 Å². The van der Waals surface area contributed by atoms with Gasteiger partial charge >= 0.3 is 0 Å². The zero-order chi connectivity index (χ0) is 32.0. The summed E-state index contributed by atoms with van der Waals surface area (Å²) >= 11 is 0. The second-order valence-corrected chi connectivity index (χ2v) is 13.5. The van der Waals surface area contributed by atoms with Gasteiger partial charge in [0, 0.05) is 45.0 Å². The van der Waals surface area contributed by atoms with E-state index in [1.54, 1.807) is 0 Å². The first-order valence-corrected chi connectivity index (χ1v) is 16.6. The molecule has 10 rings (SSSR count). The van der Waals surface area contributed by atoms with E-state index >= 15 is 0 Å². The molecule has 3 heterocycles. The SMILES string of the molecule is CC1(C)c2ccccc2-c2cc3c4ccccc4n(-c4ccc(-c5ccc(-c6cccc7cnc8cccnc8c67)cc5)cc4)c3cc21. The van der Waals surface area contributed by atoms with Gasteiger partial charge in [-0.25, -0.2) is 0 Å². The van der Waals surface area contributed by atoms with Gasteiger partial charge in [-0.05, 0) is 87.0 Å². The number of pyridine rings is 2. The first-order chi connectivity index (χ1) is 23.6. The van der Waals surface area contributed by atoms with Crippen LogP contribution in [0, 0.1) is 0 Å². The molecule has 3 nitrogen and oxygen atoms in total. The molecule has 9 aromatic rings. The first-order valence-electron chi connectivity index (χ1n) is 16.6. The zero-order valence-electron chi connectivity index (χ0n) is 26.8. The molecule has 0 amide bonds. The fourth-order valence-corrected chi connectivity index (χ4v) is 8.10. The average molecular weight is 614 g/mol. The third-order valence-corrected chi connectivity index (χ3v) is 10.5. The summed E-state index contributed by atoms with van der Waals surface area (Å²) in [5, 5.41) is 4.82. The monoisotopic (exact) mass is 613 g/mol. The highest BCUT2D eigenvalue weighted by Crippen LogP contribution is 2.51. The number of hydrogen-bond acceptors (Lipinski definition) is 2. The Kier molecular flexibility index (Phi) is 5.63. The van der Waals surface area contributed by atoms with E-state index in [9.17, 15) is 0 Å². The number of hydrogen-bond donors (Lipinski definition) is 0. The molecule has 0 radical (unpaired) electrons. The molecule has 0 spiro atoms. The second-order valence-electron chi connectivity index (χ2n) is 13.5. The number of aromatic nitrogens is 3. The fraction of sp³-hybridized carbons (Fsp3) is 0.0667. The Morgan fingerprint density at radius 3 is 2.10 bits per heavy atom. The summed E-state index contributed by atoms with van der Waals surface area (Å²) in [5.41, 5.74) is 15.7. The molecule has 0 saturated carbocycles. The van der Waals surface area contributed by atoms with Gasteiger partial charge in [-0.15, -0.1) is 0 Å². The molecule has 6 aromatic carbocycles. The molecule has 226 valence electrons. The van der Waals surface area contributed by atoms with E-state index in [1.165, 1.54) is 72.0 Å². The van der Waals surface area contributed by atoms with E-state index in [0.29, 0.717) is 0 Å². The molecular formula is C45H31N3. The molecule has 0 atom stereocenters. The van der Waals surface area contributed by atoms with Crippen LogP contribution in [0.4, 0.5) is 0 Å². The van der Waals surface area contributed by atoms with E-state index in [4.69, 9.17) is 4.98 Å². The van der Waals surface area contributed by atoms with E-state index in [1.807, 2.05) is 24.5 Å². The summed E-state index contributed by atoms with van der Waals surface area (Å²) < 4.78 is 2.44. The topological polar surface area (TPSA) is 30.7 Å². The number of benzene rings is 6. The van der Waals surface area contributed by atoms with Crippen LogP contribution in [-0.2, 0) is 5.41 Å². The average Bonchev–Trinajstić information content (AvgIpc) is 3.58. The van der Waals surface area contributed by atoms with Gasteiger partial charge in [0.05, 0.1) is 22.1 Å². The highest BCUT2D eigenvalue weighted by atomic mass is 15.0. The van der Waals surface area contributed by atoms with Crippen molar-refractivity contribution in [3.63, 3.8) is 0 Å². The maximum Gasteiger partial charge on any atom is 0.0971 e. The summed E-state index contributed by atoms with van der Waals surface area (Å²) in [6, 6.07) is 50.8. The Labute approximate surface area is 278 Å². The third kappa shape index (κ3) is 3.82. The number of nitrogens with zero attached hydrogens (tertiary/aromatic N) is 3. The standard InChI is InChI=1S/C45H31N3/c1-45(2)38-13-5-3-10-34(38)36-25-37-35-11-4-6-15-41(35)48(42(37)26-39(36)45)32-22-20-29(21-23-32)28-16-18-30(19-17-28)33-12-7-9-31-27-47-40-14-8-24-46-44(40)43(31)33/h3-27H,1-2H3. The number of rotatable bonds is 3. The van der Waals surface area contributed by atoms with Gasteiger partial charge in [0.1, 0.15) is 0 Å². The molecule has 0 N–H and O–H groups in total. The molecule has 0 saturated heterocycles. The van der Waals surface area contributed by atoms with Crippen molar-refractivity contribution >= 4 is 43.6 Å². The van der Waals surface area contributed by atoms with Gasteiger partial charge in [-0.3, -0.25) is 9.97 Å². The Balaban J connectivity index is 1.06. The third-order valence-electron chi connectivity index (χ3n) is 10.5. The molecule has 3 aromatic heterocycles. The highest BCUT2D eigenvalue weighted by molar-refractivity contribution is 6.12. The summed E-state index contributed by atoms with van der Waals surface area (Å²) in [5.74, 6) is 0. The van der Waals surface area contributed by atoms with E-state index in [0.717, 1.165) is 21.8 Å². The lowest BCUT2D eigenvalue weighted by Gasteiger charge is -2.21. The van der Waals surface area contributed by atoms with Crippen LogP contribution < -0.4 is 0 Å². The van der Waals surface area contributed by atoms with Crippen LogP contribution in [0.3, 0.4) is 0 Å². The number of fused-ring (bicyclic) bond motifs is 9. The Hall–Kier alpha value is -6.06. The van der Waals surface area contributed by atoms with E-state index in [-0.39, 0.29) is 5.41 Å². The van der Waals surface area contributed by atoms with Crippen LogP contribution in [0.5, 0.6) is 0 Å². The molecule has 0 aliphatic heterocycles. The molecule has 0 fully saturated rings. The molecule has 1 aliphatic carbocycles. The van der Waals surface area contributed by atoms with Crippen molar-refractivity contribution < 1.29 is 0 Å². The van der Waals surface area contributed by atoms with Gasteiger partial charge < -0.3 is 4.57 Å². The van der Waals surface area contributed by atoms with Gasteiger partial charge in [-0.2, -0.15) is 0 Å². The van der Waals surface area contributed by atoms with Gasteiger partial charge in [0.2, 0.25) is 0 Å². The Bertz CT molecular complexity index is 2730. The zero-order valence-corrected chi connectivity index (χ0v) is 26.8. The van der Waals surface area contributed by atoms with Gasteiger partial charge in [-0.1, -0.05) is 111 Å². The Morgan fingerprint density at radius 2 is 1.25 bits per heavy atom. The van der Waals surface area contributed by atoms with Crippen molar-refractivity contribution in [3.05, 3.63) is 163 Å². The second kappa shape index (κ2) is 9.97. The summed E-state index contributed by atoms with van der Waals surface area (Å²) in [4.78, 5) is 9.32. The Morgan fingerprint density at radius 1 is 0.521 bits per heavy atom. The summed E-state index contributed by atoms with van der Waals surface area (Å²) in [6.45, 7) is 4.71. The van der Waals surface area contributed by atoms with Crippen molar-refractivity contribution in [1.29, 1.82) is 0 Å². The minimum absolute atomic E-state index is 0.0516. The lowest BCUT2D eigenvalue weighted by atomic mass is 9.82. The maximum atomic E-state index is 4.70.